The minimum absolute atomic E-state index is 0.404. The van der Waals surface area contributed by atoms with E-state index >= 15 is 0 Å². The number of fused-ring (bicyclic) bond motifs is 5. The first-order valence-electron chi connectivity index (χ1n) is 9.20. The highest BCUT2D eigenvalue weighted by Crippen LogP contribution is 2.34. The van der Waals surface area contributed by atoms with E-state index in [1.807, 2.05) is 34.7 Å². The molecule has 4 aromatic rings. The fourth-order valence-electron chi connectivity index (χ4n) is 3.14. The molecule has 0 saturated heterocycles. The Hall–Kier alpha value is -3.34. The van der Waals surface area contributed by atoms with Gasteiger partial charge in [-0.1, -0.05) is 5.92 Å². The smallest absolute Gasteiger partial charge is 0.163 e. The molecule has 29 heavy (non-hydrogen) atoms. The second-order valence-electron chi connectivity index (χ2n) is 6.40. The Kier molecular flexibility index (Phi) is 5.47. The number of imidazole rings is 1. The molecule has 0 unspecified atom stereocenters. The van der Waals surface area contributed by atoms with E-state index in [2.05, 4.69) is 10.9 Å². The maximum absolute atomic E-state index is 5.89. The standard InChI is InChI=1S/C22H21N3O4/c1-4-15-5-6-17-19(11-15)25-14-23-18-13-21(29-10-8-27-3)20(28-9-7-26-2)12-16(18)22(25)24-17/h1,5-6,11-14H,7-10H2,2-3H3. The van der Waals surface area contributed by atoms with Crippen molar-refractivity contribution in [2.24, 2.45) is 0 Å². The Bertz CT molecular complexity index is 1210. The number of terminal acetylenes is 1. The van der Waals surface area contributed by atoms with Gasteiger partial charge < -0.3 is 18.9 Å². The Labute approximate surface area is 168 Å². The summed E-state index contributed by atoms with van der Waals surface area (Å²) in [5.74, 6) is 3.87. The van der Waals surface area contributed by atoms with Crippen molar-refractivity contribution in [2.45, 2.75) is 0 Å². The Balaban J connectivity index is 1.86. The summed E-state index contributed by atoms with van der Waals surface area (Å²) in [5.41, 5.74) is 4.09. The molecule has 2 aromatic heterocycles. The molecule has 2 aromatic carbocycles. The van der Waals surface area contributed by atoms with Gasteiger partial charge in [0, 0.05) is 31.2 Å². The molecule has 0 aliphatic carbocycles. The molecule has 0 atom stereocenters. The van der Waals surface area contributed by atoms with Crippen LogP contribution in [0.3, 0.4) is 0 Å². The van der Waals surface area contributed by atoms with Crippen molar-refractivity contribution in [3.05, 3.63) is 42.2 Å². The Morgan fingerprint density at radius 3 is 2.34 bits per heavy atom. The maximum atomic E-state index is 5.89. The van der Waals surface area contributed by atoms with Gasteiger partial charge in [0.25, 0.3) is 0 Å². The van der Waals surface area contributed by atoms with Crippen LogP contribution in [0, 0.1) is 12.3 Å². The number of ether oxygens (including phenoxy) is 4. The maximum Gasteiger partial charge on any atom is 0.163 e. The first-order valence-corrected chi connectivity index (χ1v) is 9.20. The van der Waals surface area contributed by atoms with Crippen molar-refractivity contribution in [2.75, 3.05) is 40.6 Å². The van der Waals surface area contributed by atoms with Crippen LogP contribution in [-0.2, 0) is 9.47 Å². The molecule has 0 aliphatic rings. The van der Waals surface area contributed by atoms with Crippen molar-refractivity contribution in [3.63, 3.8) is 0 Å². The lowest BCUT2D eigenvalue weighted by atomic mass is 10.2. The van der Waals surface area contributed by atoms with Crippen LogP contribution in [0.1, 0.15) is 5.56 Å². The zero-order valence-corrected chi connectivity index (χ0v) is 16.3. The van der Waals surface area contributed by atoms with Gasteiger partial charge in [0.1, 0.15) is 25.2 Å². The molecular weight excluding hydrogens is 370 g/mol. The summed E-state index contributed by atoms with van der Waals surface area (Å²) in [4.78, 5) is 9.37. The number of hydrogen-bond donors (Lipinski definition) is 0. The van der Waals surface area contributed by atoms with Crippen molar-refractivity contribution in [1.82, 2.24) is 14.4 Å². The highest BCUT2D eigenvalue weighted by molar-refractivity contribution is 5.97. The minimum Gasteiger partial charge on any atom is -0.487 e. The Morgan fingerprint density at radius 1 is 0.931 bits per heavy atom. The normalized spacial score (nSPS) is 11.2. The van der Waals surface area contributed by atoms with E-state index in [0.717, 1.165) is 33.1 Å². The van der Waals surface area contributed by atoms with Gasteiger partial charge in [-0.05, 0) is 24.3 Å². The summed E-state index contributed by atoms with van der Waals surface area (Å²) in [5, 5.41) is 0.859. The van der Waals surface area contributed by atoms with E-state index in [9.17, 15) is 0 Å². The summed E-state index contributed by atoms with van der Waals surface area (Å²) in [6.45, 7) is 1.76. The zero-order valence-electron chi connectivity index (χ0n) is 16.3. The van der Waals surface area contributed by atoms with Gasteiger partial charge in [-0.25, -0.2) is 9.97 Å². The van der Waals surface area contributed by atoms with Gasteiger partial charge in [0.15, 0.2) is 11.5 Å². The van der Waals surface area contributed by atoms with Crippen LogP contribution in [0.15, 0.2) is 36.7 Å². The van der Waals surface area contributed by atoms with Crippen LogP contribution in [0.5, 0.6) is 11.5 Å². The molecule has 0 bridgehead atoms. The fourth-order valence-corrected chi connectivity index (χ4v) is 3.14. The van der Waals surface area contributed by atoms with Gasteiger partial charge in [0.05, 0.1) is 29.8 Å². The number of rotatable bonds is 8. The van der Waals surface area contributed by atoms with Crippen molar-refractivity contribution >= 4 is 27.6 Å². The van der Waals surface area contributed by atoms with Crippen LogP contribution >= 0.6 is 0 Å². The van der Waals surface area contributed by atoms with Crippen LogP contribution in [0.4, 0.5) is 0 Å². The van der Waals surface area contributed by atoms with Crippen LogP contribution in [-0.4, -0.2) is 55.0 Å². The summed E-state index contributed by atoms with van der Waals surface area (Å²) < 4.78 is 23.8. The van der Waals surface area contributed by atoms with E-state index in [-0.39, 0.29) is 0 Å². The van der Waals surface area contributed by atoms with Gasteiger partial charge in [-0.15, -0.1) is 6.42 Å². The number of nitrogens with zero attached hydrogens (tertiary/aromatic N) is 3. The number of aromatic nitrogens is 3. The molecule has 0 N–H and O–H groups in total. The summed E-state index contributed by atoms with van der Waals surface area (Å²) >= 11 is 0. The second-order valence-corrected chi connectivity index (χ2v) is 6.40. The predicted molar refractivity (Wildman–Crippen MR) is 111 cm³/mol. The lowest BCUT2D eigenvalue weighted by Crippen LogP contribution is -2.08. The van der Waals surface area contributed by atoms with Gasteiger partial charge in [-0.2, -0.15) is 0 Å². The highest BCUT2D eigenvalue weighted by atomic mass is 16.5. The number of benzene rings is 2. The van der Waals surface area contributed by atoms with Crippen molar-refractivity contribution in [1.29, 1.82) is 0 Å². The summed E-state index contributed by atoms with van der Waals surface area (Å²) in [6, 6.07) is 9.50. The van der Waals surface area contributed by atoms with Crippen LogP contribution in [0.2, 0.25) is 0 Å². The third-order valence-corrected chi connectivity index (χ3v) is 4.56. The van der Waals surface area contributed by atoms with Crippen LogP contribution < -0.4 is 9.47 Å². The largest absolute Gasteiger partial charge is 0.487 e. The predicted octanol–water partition coefficient (Wildman–Crippen LogP) is 3.07. The van der Waals surface area contributed by atoms with Crippen molar-refractivity contribution in [3.8, 4) is 23.8 Å². The van der Waals surface area contributed by atoms with Crippen LogP contribution in [0.25, 0.3) is 27.6 Å². The van der Waals surface area contributed by atoms with Crippen molar-refractivity contribution < 1.29 is 18.9 Å². The molecule has 0 fully saturated rings. The lowest BCUT2D eigenvalue weighted by molar-refractivity contribution is 0.132. The number of hydrogen-bond acceptors (Lipinski definition) is 6. The molecule has 7 heteroatoms. The minimum atomic E-state index is 0.404. The highest BCUT2D eigenvalue weighted by Gasteiger charge is 2.14. The molecule has 0 amide bonds. The molecule has 0 radical (unpaired) electrons. The molecule has 0 spiro atoms. The average Bonchev–Trinajstić information content (AvgIpc) is 3.12. The third-order valence-electron chi connectivity index (χ3n) is 4.56. The molecular formula is C22H21N3O4. The first kappa shape index (κ1) is 19.0. The topological polar surface area (TPSA) is 67.1 Å². The first-order chi connectivity index (χ1) is 14.2. The SMILES string of the molecule is C#Cc1ccc2nc3c4cc(OCCOC)c(OCCOC)cc4ncn3c2c1. The molecule has 7 nitrogen and oxygen atoms in total. The molecule has 2 heterocycles. The van der Waals surface area contributed by atoms with E-state index in [0.29, 0.717) is 37.9 Å². The van der Waals surface area contributed by atoms with Gasteiger partial charge in [0.2, 0.25) is 0 Å². The van der Waals surface area contributed by atoms with E-state index in [1.165, 1.54) is 0 Å². The molecule has 4 rings (SSSR count). The fraction of sp³-hybridized carbons (Fsp3) is 0.273. The molecule has 0 aliphatic heterocycles. The molecule has 0 saturated carbocycles. The summed E-state index contributed by atoms with van der Waals surface area (Å²) in [7, 11) is 3.26. The van der Waals surface area contributed by atoms with E-state index < -0.39 is 0 Å². The van der Waals surface area contributed by atoms with Gasteiger partial charge in [-0.3, -0.25) is 4.40 Å². The Morgan fingerprint density at radius 2 is 1.66 bits per heavy atom. The molecule has 148 valence electrons. The zero-order chi connectivity index (χ0) is 20.2. The van der Waals surface area contributed by atoms with E-state index in [4.69, 9.17) is 30.4 Å². The summed E-state index contributed by atoms with van der Waals surface area (Å²) in [6.07, 6.45) is 7.29. The average molecular weight is 391 g/mol. The lowest BCUT2D eigenvalue weighted by Gasteiger charge is -2.14. The monoisotopic (exact) mass is 391 g/mol. The number of methoxy groups -OCH3 is 2. The quantitative estimate of drug-likeness (QED) is 0.340. The third kappa shape index (κ3) is 3.68. The van der Waals surface area contributed by atoms with Gasteiger partial charge >= 0.3 is 0 Å². The second kappa shape index (κ2) is 8.35. The van der Waals surface area contributed by atoms with E-state index in [1.54, 1.807) is 20.5 Å².